The molecule has 0 heterocycles. The highest BCUT2D eigenvalue weighted by Crippen LogP contribution is 2.68. The second-order valence-corrected chi connectivity index (χ2v) is 10.0. The van der Waals surface area contributed by atoms with E-state index in [0.29, 0.717) is 35.9 Å². The van der Waals surface area contributed by atoms with Crippen molar-refractivity contribution in [1.82, 2.24) is 0 Å². The zero-order valence-electron chi connectivity index (χ0n) is 15.4. The molecular weight excluding hydrogens is 306 g/mol. The van der Waals surface area contributed by atoms with Crippen molar-refractivity contribution in [3.63, 3.8) is 0 Å². The molecular formula is C21H32F2O. The van der Waals surface area contributed by atoms with Crippen molar-refractivity contribution in [3.05, 3.63) is 0 Å². The third-order valence-corrected chi connectivity index (χ3v) is 9.09. The van der Waals surface area contributed by atoms with Crippen LogP contribution in [0.3, 0.4) is 0 Å². The SMILES string of the molecule is CC(F)(F)C1CCC2C3CCC4CC(=O)CCC4(C)C3CCC21C. The summed E-state index contributed by atoms with van der Waals surface area (Å²) in [6.07, 6.45) is 8.62. The Labute approximate surface area is 145 Å². The summed E-state index contributed by atoms with van der Waals surface area (Å²) in [6.45, 7) is 5.73. The summed E-state index contributed by atoms with van der Waals surface area (Å²) in [7, 11) is 0. The summed E-state index contributed by atoms with van der Waals surface area (Å²) < 4.78 is 28.4. The highest BCUT2D eigenvalue weighted by molar-refractivity contribution is 5.79. The maximum atomic E-state index is 14.2. The monoisotopic (exact) mass is 338 g/mol. The van der Waals surface area contributed by atoms with Gasteiger partial charge in [-0.1, -0.05) is 13.8 Å². The number of carbonyl (C=O) groups excluding carboxylic acids is 1. The van der Waals surface area contributed by atoms with Gasteiger partial charge in [-0.2, -0.15) is 0 Å². The van der Waals surface area contributed by atoms with Gasteiger partial charge >= 0.3 is 0 Å². The molecule has 4 saturated carbocycles. The summed E-state index contributed by atoms with van der Waals surface area (Å²) in [5, 5.41) is 0. The number of alkyl halides is 2. The van der Waals surface area contributed by atoms with E-state index in [1.54, 1.807) is 0 Å². The van der Waals surface area contributed by atoms with Crippen LogP contribution in [0, 0.1) is 40.4 Å². The molecule has 0 radical (unpaired) electrons. The summed E-state index contributed by atoms with van der Waals surface area (Å²) >= 11 is 0. The standard InChI is InChI=1S/C21H32F2O/c1-19-10-8-14(24)12-13(19)4-5-15-16-6-7-18(21(3,22)23)20(16,2)11-9-17(15)19/h13,15-18H,4-12H2,1-3H3. The first-order valence-electron chi connectivity index (χ1n) is 10.1. The molecule has 0 N–H and O–H groups in total. The van der Waals surface area contributed by atoms with Gasteiger partial charge in [0.1, 0.15) is 5.78 Å². The van der Waals surface area contributed by atoms with Crippen molar-refractivity contribution >= 4 is 5.78 Å². The normalized spacial score (nSPS) is 51.7. The maximum absolute atomic E-state index is 14.2. The summed E-state index contributed by atoms with van der Waals surface area (Å²) in [5.41, 5.74) is 0.109. The fraction of sp³-hybridized carbons (Fsp3) is 0.952. The second-order valence-electron chi connectivity index (χ2n) is 10.0. The molecule has 4 fully saturated rings. The molecule has 0 aromatic rings. The molecule has 0 aromatic heterocycles. The van der Waals surface area contributed by atoms with E-state index in [1.807, 2.05) is 0 Å². The Bertz CT molecular complexity index is 538. The molecule has 0 aromatic carbocycles. The van der Waals surface area contributed by atoms with Gasteiger partial charge in [0, 0.05) is 18.8 Å². The molecule has 24 heavy (non-hydrogen) atoms. The number of carbonyl (C=O) groups is 1. The van der Waals surface area contributed by atoms with Gasteiger partial charge < -0.3 is 0 Å². The molecule has 7 atom stereocenters. The fourth-order valence-corrected chi connectivity index (χ4v) is 7.88. The molecule has 0 aliphatic heterocycles. The first-order valence-corrected chi connectivity index (χ1v) is 10.1. The van der Waals surface area contributed by atoms with Crippen LogP contribution in [-0.4, -0.2) is 11.7 Å². The van der Waals surface area contributed by atoms with Crippen LogP contribution in [0.5, 0.6) is 0 Å². The van der Waals surface area contributed by atoms with Crippen molar-refractivity contribution in [3.8, 4) is 0 Å². The lowest BCUT2D eigenvalue weighted by molar-refractivity contribution is -0.152. The van der Waals surface area contributed by atoms with Crippen LogP contribution in [0.1, 0.15) is 78.6 Å². The molecule has 3 heteroatoms. The Morgan fingerprint density at radius 2 is 1.67 bits per heavy atom. The Balaban J connectivity index is 1.62. The minimum Gasteiger partial charge on any atom is -0.300 e. The van der Waals surface area contributed by atoms with Crippen molar-refractivity contribution in [2.75, 3.05) is 0 Å². The first-order chi connectivity index (χ1) is 11.2. The van der Waals surface area contributed by atoms with Gasteiger partial charge in [-0.05, 0) is 86.4 Å². The number of rotatable bonds is 1. The van der Waals surface area contributed by atoms with Crippen LogP contribution < -0.4 is 0 Å². The minimum absolute atomic E-state index is 0.174. The summed E-state index contributed by atoms with van der Waals surface area (Å²) in [6, 6.07) is 0. The highest BCUT2D eigenvalue weighted by atomic mass is 19.3. The molecule has 4 aliphatic carbocycles. The Kier molecular flexibility index (Phi) is 3.72. The van der Waals surface area contributed by atoms with Gasteiger partial charge in [-0.15, -0.1) is 0 Å². The lowest BCUT2D eigenvalue weighted by Gasteiger charge is -2.60. The number of halogens is 2. The molecule has 4 aliphatic rings. The van der Waals surface area contributed by atoms with E-state index in [9.17, 15) is 13.6 Å². The van der Waals surface area contributed by atoms with E-state index < -0.39 is 11.8 Å². The molecule has 0 bridgehead atoms. The van der Waals surface area contributed by atoms with Gasteiger partial charge in [0.2, 0.25) is 5.92 Å². The van der Waals surface area contributed by atoms with Crippen molar-refractivity contribution in [2.45, 2.75) is 84.5 Å². The van der Waals surface area contributed by atoms with Gasteiger partial charge in [0.05, 0.1) is 0 Å². The number of hydrogen-bond acceptors (Lipinski definition) is 1. The fourth-order valence-electron chi connectivity index (χ4n) is 7.88. The van der Waals surface area contributed by atoms with E-state index >= 15 is 0 Å². The zero-order valence-corrected chi connectivity index (χ0v) is 15.4. The molecule has 136 valence electrons. The van der Waals surface area contributed by atoms with Crippen molar-refractivity contribution in [2.24, 2.45) is 40.4 Å². The maximum Gasteiger partial charge on any atom is 0.248 e. The largest absolute Gasteiger partial charge is 0.300 e. The number of fused-ring (bicyclic) bond motifs is 5. The Morgan fingerprint density at radius 1 is 0.958 bits per heavy atom. The predicted molar refractivity (Wildman–Crippen MR) is 90.8 cm³/mol. The number of ketones is 1. The third-order valence-electron chi connectivity index (χ3n) is 9.09. The lowest BCUT2D eigenvalue weighted by Crippen LogP contribution is -2.54. The minimum atomic E-state index is -2.55. The van der Waals surface area contributed by atoms with Crippen LogP contribution in [0.15, 0.2) is 0 Å². The highest BCUT2D eigenvalue weighted by Gasteiger charge is 2.63. The third kappa shape index (κ3) is 2.25. The van der Waals surface area contributed by atoms with E-state index in [2.05, 4.69) is 13.8 Å². The van der Waals surface area contributed by atoms with E-state index in [4.69, 9.17) is 0 Å². The molecule has 1 nitrogen and oxygen atoms in total. The summed E-state index contributed by atoms with van der Waals surface area (Å²) in [5.74, 6) is -0.235. The topological polar surface area (TPSA) is 17.1 Å². The lowest BCUT2D eigenvalue weighted by atomic mass is 9.44. The van der Waals surface area contributed by atoms with Gasteiger partial charge in [-0.25, -0.2) is 8.78 Å². The van der Waals surface area contributed by atoms with E-state index in [1.165, 1.54) is 6.42 Å². The number of hydrogen-bond donors (Lipinski definition) is 0. The van der Waals surface area contributed by atoms with E-state index in [-0.39, 0.29) is 10.8 Å². The smallest absolute Gasteiger partial charge is 0.248 e. The average molecular weight is 338 g/mol. The van der Waals surface area contributed by atoms with Gasteiger partial charge in [0.15, 0.2) is 0 Å². The molecule has 7 unspecified atom stereocenters. The van der Waals surface area contributed by atoms with Gasteiger partial charge in [-0.3, -0.25) is 4.79 Å². The van der Waals surface area contributed by atoms with Crippen LogP contribution in [0.2, 0.25) is 0 Å². The zero-order chi connectivity index (χ0) is 17.3. The quantitative estimate of drug-likeness (QED) is 0.584. The van der Waals surface area contributed by atoms with Crippen molar-refractivity contribution < 1.29 is 13.6 Å². The molecule has 0 saturated heterocycles. The molecule has 0 amide bonds. The second kappa shape index (κ2) is 5.27. The average Bonchev–Trinajstić information content (AvgIpc) is 2.85. The van der Waals surface area contributed by atoms with Crippen LogP contribution in [0.4, 0.5) is 8.78 Å². The Morgan fingerprint density at radius 3 is 2.38 bits per heavy atom. The van der Waals surface area contributed by atoms with Gasteiger partial charge in [0.25, 0.3) is 0 Å². The van der Waals surface area contributed by atoms with Crippen LogP contribution in [0.25, 0.3) is 0 Å². The number of Topliss-reactive ketones (excluding diaryl/α,β-unsaturated/α-hetero) is 1. The van der Waals surface area contributed by atoms with Crippen LogP contribution >= 0.6 is 0 Å². The van der Waals surface area contributed by atoms with E-state index in [0.717, 1.165) is 51.9 Å². The summed E-state index contributed by atoms with van der Waals surface area (Å²) in [4.78, 5) is 11.9. The predicted octanol–water partition coefficient (Wildman–Crippen LogP) is 5.87. The molecule has 4 rings (SSSR count). The molecule has 0 spiro atoms. The first kappa shape index (κ1) is 17.0. The van der Waals surface area contributed by atoms with Crippen molar-refractivity contribution in [1.29, 1.82) is 0 Å². The Hall–Kier alpha value is -0.470. The van der Waals surface area contributed by atoms with Crippen LogP contribution in [-0.2, 0) is 4.79 Å².